The second-order valence-electron chi connectivity index (χ2n) is 5.13. The van der Waals surface area contributed by atoms with E-state index in [9.17, 15) is 0 Å². The van der Waals surface area contributed by atoms with E-state index in [1.54, 1.807) is 11.3 Å². The van der Waals surface area contributed by atoms with Crippen LogP contribution in [0.1, 0.15) is 37.4 Å². The van der Waals surface area contributed by atoms with Crippen molar-refractivity contribution >= 4 is 48.3 Å². The monoisotopic (exact) mass is 417 g/mol. The van der Waals surface area contributed by atoms with Crippen molar-refractivity contribution in [1.29, 1.82) is 0 Å². The number of nitrogens with zero attached hydrogens (tertiary/aromatic N) is 2. The first-order valence-electron chi connectivity index (χ1n) is 6.49. The van der Waals surface area contributed by atoms with Crippen LogP contribution < -0.4 is 5.32 Å². The van der Waals surface area contributed by atoms with Gasteiger partial charge in [0.05, 0.1) is 6.04 Å². The van der Waals surface area contributed by atoms with Crippen LogP contribution in [0, 0.1) is 5.92 Å². The average molecular weight is 419 g/mol. The van der Waals surface area contributed by atoms with Crippen molar-refractivity contribution in [3.8, 4) is 0 Å². The molecule has 6 heteroatoms. The minimum Gasteiger partial charge on any atom is -0.354 e. The largest absolute Gasteiger partial charge is 0.354 e. The fourth-order valence-electron chi connectivity index (χ4n) is 1.86. The van der Waals surface area contributed by atoms with Crippen molar-refractivity contribution in [2.75, 3.05) is 5.32 Å². The molecule has 0 aliphatic heterocycles. The lowest BCUT2D eigenvalue weighted by atomic mass is 10.1. The number of halogens is 2. The van der Waals surface area contributed by atoms with E-state index in [-0.39, 0.29) is 6.04 Å². The van der Waals surface area contributed by atoms with Gasteiger partial charge in [-0.2, -0.15) is 0 Å². The number of nitrogens with one attached hydrogen (secondary N) is 1. The van der Waals surface area contributed by atoms with Gasteiger partial charge in [0.25, 0.3) is 0 Å². The van der Waals surface area contributed by atoms with E-state index in [1.807, 2.05) is 6.07 Å². The third-order valence-corrected chi connectivity index (χ3v) is 4.88. The van der Waals surface area contributed by atoms with Crippen LogP contribution in [-0.4, -0.2) is 10.2 Å². The van der Waals surface area contributed by atoms with Gasteiger partial charge < -0.3 is 5.32 Å². The fraction of sp³-hybridized carbons (Fsp3) is 0.429. The van der Waals surface area contributed by atoms with Crippen LogP contribution in [0.2, 0.25) is 0 Å². The first kappa shape index (κ1) is 15.9. The van der Waals surface area contributed by atoms with Gasteiger partial charge in [0.2, 0.25) is 5.13 Å². The third kappa shape index (κ3) is 4.27. The first-order valence-corrected chi connectivity index (χ1v) is 8.90. The molecule has 3 nitrogen and oxygen atoms in total. The molecule has 1 aromatic heterocycles. The van der Waals surface area contributed by atoms with E-state index in [1.165, 1.54) is 5.56 Å². The summed E-state index contributed by atoms with van der Waals surface area (Å²) in [6, 6.07) is 6.37. The first-order chi connectivity index (χ1) is 9.45. The molecule has 0 bridgehead atoms. The Bertz CT molecular complexity index is 584. The fourth-order valence-corrected chi connectivity index (χ4v) is 4.29. The zero-order chi connectivity index (χ0) is 14.7. The van der Waals surface area contributed by atoms with Crippen molar-refractivity contribution in [2.45, 2.75) is 33.2 Å². The van der Waals surface area contributed by atoms with Crippen LogP contribution >= 0.6 is 43.2 Å². The lowest BCUT2D eigenvalue weighted by molar-refractivity contribution is 0.640. The summed E-state index contributed by atoms with van der Waals surface area (Å²) in [4.78, 5) is 0. The molecule has 1 unspecified atom stereocenters. The zero-order valence-electron chi connectivity index (χ0n) is 11.7. The molecule has 0 radical (unpaired) electrons. The number of benzene rings is 1. The molecule has 1 aromatic carbocycles. The molecule has 0 saturated carbocycles. The molecule has 108 valence electrons. The van der Waals surface area contributed by atoms with Gasteiger partial charge in [0, 0.05) is 15.4 Å². The highest BCUT2D eigenvalue weighted by Crippen LogP contribution is 2.30. The van der Waals surface area contributed by atoms with Gasteiger partial charge in [-0.1, -0.05) is 63.1 Å². The maximum absolute atomic E-state index is 4.23. The molecule has 2 rings (SSSR count). The van der Waals surface area contributed by atoms with Gasteiger partial charge in [-0.05, 0) is 30.5 Å². The summed E-state index contributed by atoms with van der Waals surface area (Å²) < 4.78 is 2.15. The summed E-state index contributed by atoms with van der Waals surface area (Å²) in [6.07, 6.45) is 0.982. The molecule has 1 atom stereocenters. The van der Waals surface area contributed by atoms with E-state index in [4.69, 9.17) is 0 Å². The Labute approximate surface area is 140 Å². The van der Waals surface area contributed by atoms with Crippen LogP contribution in [0.4, 0.5) is 5.13 Å². The van der Waals surface area contributed by atoms with Crippen LogP contribution in [0.3, 0.4) is 0 Å². The summed E-state index contributed by atoms with van der Waals surface area (Å²) in [5.74, 6) is 0.605. The molecule has 1 heterocycles. The molecular formula is C14H17Br2N3S. The molecule has 0 spiro atoms. The SMILES string of the molecule is CC(C)Cc1nnc(NC(C)c2ccc(Br)cc2Br)s1. The van der Waals surface area contributed by atoms with Gasteiger partial charge in [-0.25, -0.2) is 0 Å². The molecule has 0 aliphatic carbocycles. The summed E-state index contributed by atoms with van der Waals surface area (Å²) in [6.45, 7) is 6.50. The highest BCUT2D eigenvalue weighted by molar-refractivity contribution is 9.11. The lowest BCUT2D eigenvalue weighted by Gasteiger charge is -2.14. The second kappa shape index (κ2) is 7.00. The predicted octanol–water partition coefficient (Wildman–Crippen LogP) is 5.43. The molecular weight excluding hydrogens is 402 g/mol. The Morgan fingerprint density at radius 3 is 2.60 bits per heavy atom. The van der Waals surface area contributed by atoms with E-state index in [0.29, 0.717) is 5.92 Å². The summed E-state index contributed by atoms with van der Waals surface area (Å²) in [5.41, 5.74) is 1.20. The Balaban J connectivity index is 2.07. The van der Waals surface area contributed by atoms with Gasteiger partial charge in [0.15, 0.2) is 0 Å². The van der Waals surface area contributed by atoms with E-state index >= 15 is 0 Å². The Morgan fingerprint density at radius 2 is 1.95 bits per heavy atom. The van der Waals surface area contributed by atoms with E-state index < -0.39 is 0 Å². The van der Waals surface area contributed by atoms with Crippen LogP contribution in [-0.2, 0) is 6.42 Å². The quantitative estimate of drug-likeness (QED) is 0.702. The van der Waals surface area contributed by atoms with Gasteiger partial charge in [-0.15, -0.1) is 10.2 Å². The maximum atomic E-state index is 4.23. The minimum atomic E-state index is 0.178. The molecule has 2 aromatic rings. The Morgan fingerprint density at radius 1 is 1.20 bits per heavy atom. The molecule has 1 N–H and O–H groups in total. The average Bonchev–Trinajstić information content (AvgIpc) is 2.75. The smallest absolute Gasteiger partial charge is 0.206 e. The van der Waals surface area contributed by atoms with Crippen LogP contribution in [0.25, 0.3) is 0 Å². The van der Waals surface area contributed by atoms with Crippen LogP contribution in [0.15, 0.2) is 27.1 Å². The van der Waals surface area contributed by atoms with Gasteiger partial charge in [0.1, 0.15) is 5.01 Å². The second-order valence-corrected chi connectivity index (χ2v) is 7.96. The Kier molecular flexibility index (Phi) is 5.57. The lowest BCUT2D eigenvalue weighted by Crippen LogP contribution is -2.07. The summed E-state index contributed by atoms with van der Waals surface area (Å²) in [7, 11) is 0. The van der Waals surface area contributed by atoms with Crippen molar-refractivity contribution < 1.29 is 0 Å². The van der Waals surface area contributed by atoms with Crippen molar-refractivity contribution in [3.05, 3.63) is 37.7 Å². The molecule has 20 heavy (non-hydrogen) atoms. The molecule has 0 aliphatic rings. The van der Waals surface area contributed by atoms with E-state index in [2.05, 4.69) is 80.3 Å². The minimum absolute atomic E-state index is 0.178. The third-order valence-electron chi connectivity index (χ3n) is 2.82. The number of rotatable bonds is 5. The number of anilines is 1. The standard InChI is InChI=1S/C14H17Br2N3S/c1-8(2)6-13-18-19-14(20-13)17-9(3)11-5-4-10(15)7-12(11)16/h4-5,7-9H,6H2,1-3H3,(H,17,19). The van der Waals surface area contributed by atoms with Crippen molar-refractivity contribution in [2.24, 2.45) is 5.92 Å². The summed E-state index contributed by atoms with van der Waals surface area (Å²) in [5, 5.41) is 13.8. The topological polar surface area (TPSA) is 37.8 Å². The van der Waals surface area contributed by atoms with Crippen molar-refractivity contribution in [1.82, 2.24) is 10.2 Å². The molecule has 0 saturated heterocycles. The number of hydrogen-bond donors (Lipinski definition) is 1. The zero-order valence-corrected chi connectivity index (χ0v) is 15.6. The van der Waals surface area contributed by atoms with Gasteiger partial charge >= 0.3 is 0 Å². The van der Waals surface area contributed by atoms with Gasteiger partial charge in [-0.3, -0.25) is 0 Å². The van der Waals surface area contributed by atoms with E-state index in [0.717, 1.165) is 25.5 Å². The highest BCUT2D eigenvalue weighted by atomic mass is 79.9. The highest BCUT2D eigenvalue weighted by Gasteiger charge is 2.12. The number of aromatic nitrogens is 2. The Hall–Kier alpha value is -0.460. The van der Waals surface area contributed by atoms with Crippen LogP contribution in [0.5, 0.6) is 0 Å². The van der Waals surface area contributed by atoms with Crippen molar-refractivity contribution in [3.63, 3.8) is 0 Å². The summed E-state index contributed by atoms with van der Waals surface area (Å²) >= 11 is 8.70. The number of hydrogen-bond acceptors (Lipinski definition) is 4. The maximum Gasteiger partial charge on any atom is 0.206 e. The predicted molar refractivity (Wildman–Crippen MR) is 92.3 cm³/mol. The normalized spacial score (nSPS) is 12.7. The molecule has 0 fully saturated rings. The molecule has 0 amide bonds.